The van der Waals surface area contributed by atoms with E-state index < -0.39 is 11.6 Å². The van der Waals surface area contributed by atoms with Crippen molar-refractivity contribution in [3.63, 3.8) is 0 Å². The molecule has 2 amide bonds. The molecule has 0 aromatic heterocycles. The molecular formula is C26H27Cl2F2N3O3. The predicted octanol–water partition coefficient (Wildman–Crippen LogP) is 4.67. The average Bonchev–Trinajstić information content (AvgIpc) is 2.80. The van der Waals surface area contributed by atoms with Crippen LogP contribution in [0, 0.1) is 23.0 Å². The lowest BCUT2D eigenvalue weighted by molar-refractivity contribution is -0.150. The van der Waals surface area contributed by atoms with E-state index >= 15 is 0 Å². The summed E-state index contributed by atoms with van der Waals surface area (Å²) in [6, 6.07) is 8.87. The van der Waals surface area contributed by atoms with Crippen molar-refractivity contribution >= 4 is 40.7 Å². The average molecular weight is 538 g/mol. The summed E-state index contributed by atoms with van der Waals surface area (Å²) in [6.45, 7) is 2.87. The third-order valence-corrected chi connectivity index (χ3v) is 8.00. The molecule has 0 unspecified atom stereocenters. The van der Waals surface area contributed by atoms with Crippen LogP contribution in [-0.2, 0) is 9.59 Å². The van der Waals surface area contributed by atoms with Gasteiger partial charge in [-0.1, -0.05) is 23.2 Å². The molecule has 2 heterocycles. The first-order valence-electron chi connectivity index (χ1n) is 12.1. The molecule has 10 heteroatoms. The summed E-state index contributed by atoms with van der Waals surface area (Å²) >= 11 is 11.4. The normalized spacial score (nSPS) is 22.6. The predicted molar refractivity (Wildman–Crippen MR) is 133 cm³/mol. The SMILES string of the molecule is O=C(COc1ccc(Cl)c(F)c1)N[C@H]1CC[C@H](C(=O)N2CC3(CN(c4ccc(Cl)c(F)c4)C3)C2)CC1. The minimum Gasteiger partial charge on any atom is -0.484 e. The van der Waals surface area contributed by atoms with Crippen molar-refractivity contribution in [3.8, 4) is 5.75 Å². The minimum atomic E-state index is -0.600. The lowest BCUT2D eigenvalue weighted by Gasteiger charge is -2.61. The van der Waals surface area contributed by atoms with E-state index in [0.29, 0.717) is 0 Å². The van der Waals surface area contributed by atoms with Crippen molar-refractivity contribution in [2.45, 2.75) is 31.7 Å². The first kappa shape index (κ1) is 25.1. The molecule has 0 radical (unpaired) electrons. The van der Waals surface area contributed by atoms with Crippen LogP contribution in [0.1, 0.15) is 25.7 Å². The van der Waals surface area contributed by atoms with Crippen molar-refractivity contribution in [2.75, 3.05) is 37.7 Å². The van der Waals surface area contributed by atoms with Gasteiger partial charge < -0.3 is 19.9 Å². The van der Waals surface area contributed by atoms with E-state index in [1.54, 1.807) is 6.07 Å². The van der Waals surface area contributed by atoms with Crippen molar-refractivity contribution in [1.29, 1.82) is 0 Å². The summed E-state index contributed by atoms with van der Waals surface area (Å²) in [6.07, 6.45) is 2.92. The van der Waals surface area contributed by atoms with Gasteiger partial charge in [-0.2, -0.15) is 0 Å². The van der Waals surface area contributed by atoms with E-state index in [-0.39, 0.29) is 51.6 Å². The Kier molecular flexibility index (Phi) is 7.01. The molecular weight excluding hydrogens is 511 g/mol. The van der Waals surface area contributed by atoms with Gasteiger partial charge in [-0.15, -0.1) is 0 Å². The lowest BCUT2D eigenvalue weighted by atomic mass is 9.71. The monoisotopic (exact) mass is 537 g/mol. The van der Waals surface area contributed by atoms with E-state index in [0.717, 1.165) is 63.6 Å². The summed E-state index contributed by atoms with van der Waals surface area (Å²) in [5.41, 5.74) is 0.919. The van der Waals surface area contributed by atoms with E-state index in [4.69, 9.17) is 27.9 Å². The number of ether oxygens (including phenoxy) is 1. The first-order valence-corrected chi connectivity index (χ1v) is 12.8. The highest BCUT2D eigenvalue weighted by Gasteiger charge is 2.54. The molecule has 3 fully saturated rings. The Morgan fingerprint density at radius 1 is 0.944 bits per heavy atom. The fraction of sp³-hybridized carbons (Fsp3) is 0.462. The van der Waals surface area contributed by atoms with Gasteiger partial charge in [-0.25, -0.2) is 8.78 Å². The summed E-state index contributed by atoms with van der Waals surface area (Å²) in [5, 5.41) is 3.06. The van der Waals surface area contributed by atoms with Crippen LogP contribution in [0.5, 0.6) is 5.75 Å². The minimum absolute atomic E-state index is 0.00390. The highest BCUT2D eigenvalue weighted by molar-refractivity contribution is 6.31. The molecule has 2 saturated heterocycles. The Hall–Kier alpha value is -2.58. The zero-order chi connectivity index (χ0) is 25.4. The van der Waals surface area contributed by atoms with Crippen LogP contribution >= 0.6 is 23.2 Å². The number of rotatable bonds is 6. The number of amides is 2. The third kappa shape index (κ3) is 5.25. The van der Waals surface area contributed by atoms with Gasteiger partial charge in [-0.05, 0) is 56.0 Å². The van der Waals surface area contributed by atoms with Crippen molar-refractivity contribution in [1.82, 2.24) is 10.2 Å². The van der Waals surface area contributed by atoms with E-state index in [2.05, 4.69) is 10.2 Å². The molecule has 36 heavy (non-hydrogen) atoms. The molecule has 1 saturated carbocycles. The third-order valence-electron chi connectivity index (χ3n) is 7.39. The fourth-order valence-corrected chi connectivity index (χ4v) is 5.71. The Morgan fingerprint density at radius 2 is 1.58 bits per heavy atom. The molecule has 2 aliphatic heterocycles. The number of anilines is 1. The van der Waals surface area contributed by atoms with Crippen LogP contribution in [0.15, 0.2) is 36.4 Å². The number of benzene rings is 2. The Morgan fingerprint density at radius 3 is 2.22 bits per heavy atom. The van der Waals surface area contributed by atoms with Crippen molar-refractivity contribution < 1.29 is 23.1 Å². The number of nitrogens with one attached hydrogen (secondary N) is 1. The van der Waals surface area contributed by atoms with Gasteiger partial charge in [0.05, 0.1) is 10.0 Å². The summed E-state index contributed by atoms with van der Waals surface area (Å²) in [5.74, 6) is -0.891. The molecule has 2 aromatic rings. The summed E-state index contributed by atoms with van der Waals surface area (Å²) < 4.78 is 32.6. The van der Waals surface area contributed by atoms with Gasteiger partial charge in [0.15, 0.2) is 6.61 Å². The molecule has 1 spiro atoms. The number of hydrogen-bond acceptors (Lipinski definition) is 4. The Labute approximate surface area is 218 Å². The van der Waals surface area contributed by atoms with Gasteiger partial charge in [0.1, 0.15) is 17.4 Å². The smallest absolute Gasteiger partial charge is 0.258 e. The highest BCUT2D eigenvalue weighted by Crippen LogP contribution is 2.43. The van der Waals surface area contributed by atoms with Crippen LogP contribution in [0.2, 0.25) is 10.0 Å². The van der Waals surface area contributed by atoms with Crippen molar-refractivity contribution in [3.05, 3.63) is 58.1 Å². The second kappa shape index (κ2) is 10.1. The van der Waals surface area contributed by atoms with Gasteiger partial charge in [-0.3, -0.25) is 9.59 Å². The molecule has 6 nitrogen and oxygen atoms in total. The van der Waals surface area contributed by atoms with Gasteiger partial charge >= 0.3 is 0 Å². The zero-order valence-electron chi connectivity index (χ0n) is 19.6. The number of halogens is 4. The molecule has 0 bridgehead atoms. The van der Waals surface area contributed by atoms with Crippen LogP contribution in [0.3, 0.4) is 0 Å². The van der Waals surface area contributed by atoms with Crippen molar-refractivity contribution in [2.24, 2.45) is 11.3 Å². The maximum atomic E-state index is 13.7. The maximum absolute atomic E-state index is 13.7. The van der Waals surface area contributed by atoms with Gasteiger partial charge in [0.2, 0.25) is 5.91 Å². The number of carbonyl (C=O) groups excluding carboxylic acids is 2. The van der Waals surface area contributed by atoms with Crippen LogP contribution in [0.25, 0.3) is 0 Å². The Balaban J connectivity index is 1.01. The molecule has 1 aliphatic carbocycles. The quantitative estimate of drug-likeness (QED) is 0.581. The highest BCUT2D eigenvalue weighted by atomic mass is 35.5. The number of nitrogens with zero attached hydrogens (tertiary/aromatic N) is 2. The number of likely N-dealkylation sites (tertiary alicyclic amines) is 1. The van der Waals surface area contributed by atoms with Crippen LogP contribution < -0.4 is 15.0 Å². The molecule has 0 atom stereocenters. The van der Waals surface area contributed by atoms with E-state index in [1.807, 2.05) is 11.0 Å². The van der Waals surface area contributed by atoms with Crippen LogP contribution in [0.4, 0.5) is 14.5 Å². The largest absolute Gasteiger partial charge is 0.484 e. The molecule has 192 valence electrons. The number of carbonyl (C=O) groups is 2. The standard InChI is InChI=1S/C26H27Cl2F2N3O3/c27-20-7-5-18(9-22(20)29)32-12-26(13-32)14-33(15-26)25(35)16-1-3-17(4-2-16)31-24(34)11-36-19-6-8-21(28)23(30)10-19/h5-10,16-17H,1-4,11-15H2,(H,31,34)/t16-,17-. The summed E-state index contributed by atoms with van der Waals surface area (Å²) in [4.78, 5) is 29.3. The van der Waals surface area contributed by atoms with E-state index in [1.165, 1.54) is 18.2 Å². The first-order chi connectivity index (χ1) is 17.2. The number of hydrogen-bond donors (Lipinski definition) is 1. The van der Waals surface area contributed by atoms with Crippen LogP contribution in [-0.4, -0.2) is 55.5 Å². The molecule has 2 aromatic carbocycles. The fourth-order valence-electron chi connectivity index (χ4n) is 5.47. The second-order valence-corrected chi connectivity index (χ2v) is 10.9. The van der Waals surface area contributed by atoms with Gasteiger partial charge in [0, 0.05) is 55.3 Å². The second-order valence-electron chi connectivity index (χ2n) is 10.1. The lowest BCUT2D eigenvalue weighted by Crippen LogP contribution is -2.73. The topological polar surface area (TPSA) is 61.9 Å². The maximum Gasteiger partial charge on any atom is 0.258 e. The Bertz CT molecular complexity index is 1160. The molecule has 5 rings (SSSR count). The van der Waals surface area contributed by atoms with E-state index in [9.17, 15) is 18.4 Å². The molecule has 1 N–H and O–H groups in total. The summed E-state index contributed by atoms with van der Waals surface area (Å²) in [7, 11) is 0. The van der Waals surface area contributed by atoms with Gasteiger partial charge in [0.25, 0.3) is 5.91 Å². The zero-order valence-corrected chi connectivity index (χ0v) is 21.1. The molecule has 3 aliphatic rings.